The van der Waals surface area contributed by atoms with Gasteiger partial charge in [0, 0.05) is 63.7 Å². The van der Waals surface area contributed by atoms with E-state index in [9.17, 15) is 0 Å². The highest BCUT2D eigenvalue weighted by Crippen LogP contribution is 2.25. The normalized spacial score (nSPS) is 22.1. The van der Waals surface area contributed by atoms with E-state index in [0.717, 1.165) is 70.3 Å². The maximum absolute atomic E-state index is 5.50. The Kier molecular flexibility index (Phi) is 5.18. The fourth-order valence-electron chi connectivity index (χ4n) is 3.63. The summed E-state index contributed by atoms with van der Waals surface area (Å²) in [5.41, 5.74) is 2.45. The highest BCUT2D eigenvalue weighted by atomic mass is 16.5. The van der Waals surface area contributed by atoms with Gasteiger partial charge in [-0.25, -0.2) is 9.97 Å². The lowest BCUT2D eigenvalue weighted by atomic mass is 10.0. The van der Waals surface area contributed by atoms with Gasteiger partial charge in [-0.15, -0.1) is 0 Å². The fourth-order valence-corrected chi connectivity index (χ4v) is 3.63. The average molecular weight is 339 g/mol. The number of rotatable bonds is 4. The summed E-state index contributed by atoms with van der Waals surface area (Å²) in [6, 6.07) is 6.37. The van der Waals surface area contributed by atoms with E-state index in [2.05, 4.69) is 43.0 Å². The number of hydrogen-bond donors (Lipinski definition) is 0. The highest BCUT2D eigenvalue weighted by molar-refractivity contribution is 5.40. The van der Waals surface area contributed by atoms with Crippen molar-refractivity contribution in [3.05, 3.63) is 48.2 Å². The smallest absolute Gasteiger partial charge is 0.132 e. The molecule has 0 aromatic carbocycles. The molecule has 0 saturated carbocycles. The largest absolute Gasteiger partial charge is 0.381 e. The Balaban J connectivity index is 1.40. The predicted molar refractivity (Wildman–Crippen MR) is 96.6 cm³/mol. The van der Waals surface area contributed by atoms with E-state index in [1.165, 1.54) is 5.56 Å². The molecule has 25 heavy (non-hydrogen) atoms. The van der Waals surface area contributed by atoms with E-state index >= 15 is 0 Å². The van der Waals surface area contributed by atoms with Gasteiger partial charge in [0.15, 0.2) is 0 Å². The van der Waals surface area contributed by atoms with Crippen LogP contribution in [0.3, 0.4) is 0 Å². The molecule has 2 saturated heterocycles. The van der Waals surface area contributed by atoms with E-state index in [4.69, 9.17) is 4.74 Å². The summed E-state index contributed by atoms with van der Waals surface area (Å²) in [5, 5.41) is 0. The number of pyridine rings is 1. The number of ether oxygens (including phenoxy) is 1. The predicted octanol–water partition coefficient (Wildman–Crippen LogP) is 2.09. The zero-order valence-electron chi connectivity index (χ0n) is 14.5. The molecule has 132 valence electrons. The second kappa shape index (κ2) is 7.89. The van der Waals surface area contributed by atoms with Gasteiger partial charge in [-0.05, 0) is 30.5 Å². The van der Waals surface area contributed by atoms with E-state index in [-0.39, 0.29) is 0 Å². The lowest BCUT2D eigenvalue weighted by molar-refractivity contribution is 0.193. The van der Waals surface area contributed by atoms with Crippen LogP contribution in [0.25, 0.3) is 0 Å². The summed E-state index contributed by atoms with van der Waals surface area (Å²) in [6.45, 7) is 6.84. The van der Waals surface area contributed by atoms with Crippen LogP contribution in [-0.4, -0.2) is 59.2 Å². The number of aromatic nitrogens is 3. The molecule has 0 bridgehead atoms. The molecule has 4 rings (SSSR count). The molecule has 2 aromatic heterocycles. The first-order valence-electron chi connectivity index (χ1n) is 9.14. The molecule has 4 heterocycles. The van der Waals surface area contributed by atoms with Crippen LogP contribution in [0, 0.1) is 0 Å². The minimum absolute atomic E-state index is 0.428. The minimum atomic E-state index is 0.428. The highest BCUT2D eigenvalue weighted by Gasteiger charge is 2.21. The zero-order valence-corrected chi connectivity index (χ0v) is 14.5. The van der Waals surface area contributed by atoms with Crippen LogP contribution in [0.2, 0.25) is 0 Å². The van der Waals surface area contributed by atoms with Crippen LogP contribution in [0.1, 0.15) is 30.0 Å². The Morgan fingerprint density at radius 1 is 1.08 bits per heavy atom. The van der Waals surface area contributed by atoms with E-state index < -0.39 is 0 Å². The van der Waals surface area contributed by atoms with Crippen LogP contribution in [0.5, 0.6) is 0 Å². The van der Waals surface area contributed by atoms with Gasteiger partial charge < -0.3 is 9.64 Å². The summed E-state index contributed by atoms with van der Waals surface area (Å²) in [6.07, 6.45) is 7.67. The maximum Gasteiger partial charge on any atom is 0.132 e. The van der Waals surface area contributed by atoms with Gasteiger partial charge in [0.25, 0.3) is 0 Å². The summed E-state index contributed by atoms with van der Waals surface area (Å²) in [5.74, 6) is 1.49. The summed E-state index contributed by atoms with van der Waals surface area (Å²) in [7, 11) is 0. The van der Waals surface area contributed by atoms with Crippen LogP contribution in [-0.2, 0) is 11.3 Å². The lowest BCUT2D eigenvalue weighted by Crippen LogP contribution is -2.31. The molecule has 0 amide bonds. The molecule has 1 unspecified atom stereocenters. The molecule has 2 fully saturated rings. The van der Waals surface area contributed by atoms with Crippen molar-refractivity contribution < 1.29 is 4.74 Å². The van der Waals surface area contributed by atoms with Crippen molar-refractivity contribution in [3.8, 4) is 0 Å². The average Bonchev–Trinajstić information content (AvgIpc) is 3.10. The van der Waals surface area contributed by atoms with E-state index in [1.54, 1.807) is 6.33 Å². The Hall–Kier alpha value is -2.05. The van der Waals surface area contributed by atoms with Gasteiger partial charge in [-0.3, -0.25) is 9.88 Å². The molecular weight excluding hydrogens is 314 g/mol. The van der Waals surface area contributed by atoms with Crippen molar-refractivity contribution in [2.75, 3.05) is 44.3 Å². The molecule has 0 radical (unpaired) electrons. The molecule has 0 N–H and O–H groups in total. The quantitative estimate of drug-likeness (QED) is 0.850. The zero-order chi connectivity index (χ0) is 16.9. The molecule has 6 heteroatoms. The van der Waals surface area contributed by atoms with Crippen LogP contribution >= 0.6 is 0 Å². The molecular formula is C19H25N5O. The number of nitrogens with zero attached hydrogens (tertiary/aromatic N) is 5. The van der Waals surface area contributed by atoms with Crippen LogP contribution < -0.4 is 4.90 Å². The van der Waals surface area contributed by atoms with Gasteiger partial charge in [0.1, 0.15) is 12.1 Å². The Morgan fingerprint density at radius 3 is 2.84 bits per heavy atom. The Labute approximate surface area is 148 Å². The topological polar surface area (TPSA) is 54.4 Å². The summed E-state index contributed by atoms with van der Waals surface area (Å²) < 4.78 is 5.50. The molecule has 2 aliphatic rings. The first-order chi connectivity index (χ1) is 12.4. The molecule has 0 aliphatic carbocycles. The first-order valence-corrected chi connectivity index (χ1v) is 9.14. The summed E-state index contributed by atoms with van der Waals surface area (Å²) in [4.78, 5) is 18.0. The second-order valence-corrected chi connectivity index (χ2v) is 6.83. The lowest BCUT2D eigenvalue weighted by Gasteiger charge is -2.23. The van der Waals surface area contributed by atoms with Crippen molar-refractivity contribution >= 4 is 5.82 Å². The Bertz CT molecular complexity index is 675. The van der Waals surface area contributed by atoms with Crippen molar-refractivity contribution in [1.82, 2.24) is 19.9 Å². The minimum Gasteiger partial charge on any atom is -0.381 e. The number of hydrogen-bond acceptors (Lipinski definition) is 6. The third-order valence-electron chi connectivity index (χ3n) is 5.09. The van der Waals surface area contributed by atoms with E-state index in [0.29, 0.717) is 5.92 Å². The maximum atomic E-state index is 5.50. The monoisotopic (exact) mass is 339 g/mol. The molecule has 6 nitrogen and oxygen atoms in total. The van der Waals surface area contributed by atoms with Gasteiger partial charge in [-0.2, -0.15) is 0 Å². The molecule has 2 aliphatic heterocycles. The molecule has 0 spiro atoms. The van der Waals surface area contributed by atoms with Gasteiger partial charge in [0.05, 0.1) is 12.3 Å². The van der Waals surface area contributed by atoms with Crippen LogP contribution in [0.4, 0.5) is 5.82 Å². The van der Waals surface area contributed by atoms with Crippen molar-refractivity contribution in [1.29, 1.82) is 0 Å². The van der Waals surface area contributed by atoms with Gasteiger partial charge in [0.2, 0.25) is 0 Å². The molecule has 2 aromatic rings. The van der Waals surface area contributed by atoms with Crippen LogP contribution in [0.15, 0.2) is 36.9 Å². The fraction of sp³-hybridized carbons (Fsp3) is 0.526. The SMILES string of the molecule is c1cc(CN2CCCN(c3cc(C4CCOC4)ncn3)CC2)ccn1. The third-order valence-corrected chi connectivity index (χ3v) is 5.09. The van der Waals surface area contributed by atoms with Crippen molar-refractivity contribution in [2.24, 2.45) is 0 Å². The standard InChI is InChI=1S/C19H25N5O/c1-7-23(13-16-2-5-20-6-3-16)9-10-24(8-1)19-12-18(21-15-22-19)17-4-11-25-14-17/h2-3,5-6,12,15,17H,1,4,7-11,13-14H2. The van der Waals surface area contributed by atoms with Crippen molar-refractivity contribution in [3.63, 3.8) is 0 Å². The molecule has 1 atom stereocenters. The second-order valence-electron chi connectivity index (χ2n) is 6.83. The van der Waals surface area contributed by atoms with Gasteiger partial charge in [-0.1, -0.05) is 0 Å². The number of anilines is 1. The van der Waals surface area contributed by atoms with Gasteiger partial charge >= 0.3 is 0 Å². The third kappa shape index (κ3) is 4.14. The van der Waals surface area contributed by atoms with Crippen molar-refractivity contribution in [2.45, 2.75) is 25.3 Å². The Morgan fingerprint density at radius 2 is 2.00 bits per heavy atom. The van der Waals surface area contributed by atoms with E-state index in [1.807, 2.05) is 12.4 Å². The summed E-state index contributed by atoms with van der Waals surface area (Å²) >= 11 is 0. The first kappa shape index (κ1) is 16.4.